The molecule has 0 unspecified atom stereocenters. The maximum absolute atomic E-state index is 13.1. The van der Waals surface area contributed by atoms with Crippen LogP contribution in [0.15, 0.2) is 28.7 Å². The Balaban J connectivity index is 1.74. The molecule has 6 heteroatoms. The lowest BCUT2D eigenvalue weighted by Crippen LogP contribution is -2.55. The van der Waals surface area contributed by atoms with Crippen molar-refractivity contribution >= 4 is 39.5 Å². The van der Waals surface area contributed by atoms with Crippen LogP contribution in [0.5, 0.6) is 0 Å². The fourth-order valence-corrected chi connectivity index (χ4v) is 5.47. The molecule has 0 atom stereocenters. The topological polar surface area (TPSA) is 40.6 Å². The molecule has 2 heterocycles. The van der Waals surface area contributed by atoms with Crippen LogP contribution in [-0.4, -0.2) is 51.9 Å². The quantitative estimate of drug-likeness (QED) is 0.683. The fraction of sp³-hybridized carbons (Fsp3) is 0.579. The van der Waals surface area contributed by atoms with E-state index in [-0.39, 0.29) is 22.1 Å². The average Bonchev–Trinajstić information content (AvgIpc) is 2.96. The first kappa shape index (κ1) is 18.8. The summed E-state index contributed by atoms with van der Waals surface area (Å²) in [5, 5.41) is 0. The Hall–Kier alpha value is -1.01. The minimum atomic E-state index is -0.348. The molecule has 3 rings (SSSR count). The van der Waals surface area contributed by atoms with Gasteiger partial charge in [0.2, 0.25) is 5.91 Å². The monoisotopic (exact) mass is 424 g/mol. The summed E-state index contributed by atoms with van der Waals surface area (Å²) in [5.41, 5.74) is 0.378. The van der Waals surface area contributed by atoms with Crippen LogP contribution in [0.2, 0.25) is 0 Å². The number of piperidine rings is 1. The molecular weight excluding hydrogens is 400 g/mol. The summed E-state index contributed by atoms with van der Waals surface area (Å²) in [4.78, 5) is 29.4. The second kappa shape index (κ2) is 6.95. The summed E-state index contributed by atoms with van der Waals surface area (Å²) in [6.45, 7) is 8.13. The lowest BCUT2D eigenvalue weighted by molar-refractivity contribution is -0.141. The third kappa shape index (κ3) is 3.75. The smallest absolute Gasteiger partial charge is 0.255 e. The Labute approximate surface area is 162 Å². The van der Waals surface area contributed by atoms with Gasteiger partial charge >= 0.3 is 0 Å². The van der Waals surface area contributed by atoms with Crippen molar-refractivity contribution in [3.8, 4) is 0 Å². The van der Waals surface area contributed by atoms with Crippen LogP contribution >= 0.6 is 27.7 Å². The maximum Gasteiger partial charge on any atom is 0.255 e. The summed E-state index contributed by atoms with van der Waals surface area (Å²) in [6.07, 6.45) is 1.69. The first-order chi connectivity index (χ1) is 11.7. The van der Waals surface area contributed by atoms with Gasteiger partial charge in [-0.15, -0.1) is 11.8 Å². The second-order valence-electron chi connectivity index (χ2n) is 7.80. The van der Waals surface area contributed by atoms with Gasteiger partial charge in [0.15, 0.2) is 0 Å². The van der Waals surface area contributed by atoms with Crippen molar-refractivity contribution in [1.29, 1.82) is 0 Å². The van der Waals surface area contributed by atoms with E-state index in [4.69, 9.17) is 0 Å². The summed E-state index contributed by atoms with van der Waals surface area (Å²) in [7, 11) is 0. The number of amides is 2. The minimum Gasteiger partial charge on any atom is -0.342 e. The molecule has 2 aliphatic heterocycles. The number of rotatable bonds is 1. The number of carbonyl (C=O) groups is 2. The van der Waals surface area contributed by atoms with Crippen LogP contribution in [0, 0.1) is 5.41 Å². The van der Waals surface area contributed by atoms with Gasteiger partial charge in [0.25, 0.3) is 5.91 Å². The van der Waals surface area contributed by atoms with Gasteiger partial charge in [0, 0.05) is 40.8 Å². The van der Waals surface area contributed by atoms with Crippen molar-refractivity contribution in [3.05, 3.63) is 34.3 Å². The maximum atomic E-state index is 13.1. The van der Waals surface area contributed by atoms with Crippen LogP contribution in [-0.2, 0) is 4.79 Å². The average molecular weight is 425 g/mol. The zero-order chi connectivity index (χ0) is 18.2. The number of halogens is 1. The van der Waals surface area contributed by atoms with Gasteiger partial charge in [-0.3, -0.25) is 9.59 Å². The largest absolute Gasteiger partial charge is 0.342 e. The van der Waals surface area contributed by atoms with Crippen molar-refractivity contribution in [1.82, 2.24) is 9.80 Å². The molecular formula is C19H25BrN2O2S. The Morgan fingerprint density at radius 3 is 2.44 bits per heavy atom. The number of benzene rings is 1. The second-order valence-corrected chi connectivity index (χ2v) is 10.2. The predicted octanol–water partition coefficient (Wildman–Crippen LogP) is 4.00. The van der Waals surface area contributed by atoms with Crippen molar-refractivity contribution in [2.24, 2.45) is 5.41 Å². The van der Waals surface area contributed by atoms with Gasteiger partial charge in [-0.1, -0.05) is 42.8 Å². The molecule has 25 heavy (non-hydrogen) atoms. The molecule has 1 aromatic carbocycles. The number of likely N-dealkylation sites (tertiary alicyclic amines) is 1. The Kier molecular flexibility index (Phi) is 5.22. The van der Waals surface area contributed by atoms with E-state index in [9.17, 15) is 9.59 Å². The van der Waals surface area contributed by atoms with Gasteiger partial charge in [0.05, 0.1) is 4.87 Å². The number of nitrogens with zero attached hydrogens (tertiary/aromatic N) is 2. The van der Waals surface area contributed by atoms with Crippen LogP contribution in [0.3, 0.4) is 0 Å². The molecule has 2 saturated heterocycles. The molecule has 2 amide bonds. The molecule has 2 fully saturated rings. The minimum absolute atomic E-state index is 0.0990. The molecule has 136 valence electrons. The molecule has 0 bridgehead atoms. The van der Waals surface area contributed by atoms with Crippen molar-refractivity contribution in [3.63, 3.8) is 0 Å². The van der Waals surface area contributed by atoms with Gasteiger partial charge < -0.3 is 9.80 Å². The zero-order valence-corrected chi connectivity index (χ0v) is 17.5. The third-order valence-corrected chi connectivity index (χ3v) is 7.01. The molecule has 1 aromatic rings. The highest BCUT2D eigenvalue weighted by Gasteiger charge is 2.47. The molecule has 0 radical (unpaired) electrons. The normalized spacial score (nSPS) is 20.2. The Bertz CT molecular complexity index is 678. The van der Waals surface area contributed by atoms with Crippen LogP contribution < -0.4 is 0 Å². The lowest BCUT2D eigenvalue weighted by atomic mass is 9.92. The van der Waals surface area contributed by atoms with Gasteiger partial charge in [-0.25, -0.2) is 0 Å². The van der Waals surface area contributed by atoms with E-state index in [0.717, 1.165) is 48.3 Å². The first-order valence-electron chi connectivity index (χ1n) is 8.74. The van der Waals surface area contributed by atoms with Gasteiger partial charge in [-0.05, 0) is 31.0 Å². The highest BCUT2D eigenvalue weighted by Crippen LogP contribution is 2.45. The van der Waals surface area contributed by atoms with Gasteiger partial charge in [-0.2, -0.15) is 0 Å². The molecule has 0 saturated carbocycles. The number of hydrogen-bond donors (Lipinski definition) is 0. The highest BCUT2D eigenvalue weighted by molar-refractivity contribution is 9.10. The first-order valence-corrected chi connectivity index (χ1v) is 10.5. The number of thioether (sulfide) groups is 1. The van der Waals surface area contributed by atoms with Crippen molar-refractivity contribution in [2.75, 3.05) is 25.4 Å². The van der Waals surface area contributed by atoms with Crippen molar-refractivity contribution in [2.45, 2.75) is 38.5 Å². The number of hydrogen-bond acceptors (Lipinski definition) is 3. The molecule has 1 spiro atoms. The highest BCUT2D eigenvalue weighted by atomic mass is 79.9. The lowest BCUT2D eigenvalue weighted by Gasteiger charge is -2.45. The molecule has 0 aromatic heterocycles. The summed E-state index contributed by atoms with van der Waals surface area (Å²) < 4.78 is 0.921. The predicted molar refractivity (Wildman–Crippen MR) is 106 cm³/mol. The van der Waals surface area contributed by atoms with Crippen molar-refractivity contribution < 1.29 is 9.59 Å². The van der Waals surface area contributed by atoms with E-state index in [0.29, 0.717) is 0 Å². The third-order valence-electron chi connectivity index (χ3n) is 4.97. The fourth-order valence-electron chi connectivity index (χ4n) is 3.62. The Morgan fingerprint density at radius 2 is 1.84 bits per heavy atom. The Morgan fingerprint density at radius 1 is 1.16 bits per heavy atom. The van der Waals surface area contributed by atoms with Gasteiger partial charge in [0.1, 0.15) is 0 Å². The molecule has 2 aliphatic rings. The van der Waals surface area contributed by atoms with Crippen LogP contribution in [0.1, 0.15) is 44.0 Å². The van der Waals surface area contributed by atoms with E-state index >= 15 is 0 Å². The summed E-state index contributed by atoms with van der Waals surface area (Å²) in [6, 6.07) is 7.60. The summed E-state index contributed by atoms with van der Waals surface area (Å²) >= 11 is 5.33. The molecule has 0 N–H and O–H groups in total. The van der Waals surface area contributed by atoms with E-state index in [1.165, 1.54) is 0 Å². The molecule has 4 nitrogen and oxygen atoms in total. The SMILES string of the molecule is CC(C)(C)C(=O)N1CCC2(CC1)SCCN2C(=O)c1cccc(Br)c1. The summed E-state index contributed by atoms with van der Waals surface area (Å²) in [5.74, 6) is 1.27. The number of carbonyl (C=O) groups excluding carboxylic acids is 2. The van der Waals surface area contributed by atoms with Crippen LogP contribution in [0.25, 0.3) is 0 Å². The zero-order valence-electron chi connectivity index (χ0n) is 15.0. The van der Waals surface area contributed by atoms with E-state index in [1.54, 1.807) is 0 Å². The standard InChI is InChI=1S/C19H25BrN2O2S/c1-18(2,3)17(24)21-9-7-19(8-10-21)22(11-12-25-19)16(23)14-5-4-6-15(20)13-14/h4-6,13H,7-12H2,1-3H3. The molecule has 0 aliphatic carbocycles. The van der Waals surface area contributed by atoms with E-state index < -0.39 is 0 Å². The van der Waals surface area contributed by atoms with E-state index in [2.05, 4.69) is 15.9 Å². The van der Waals surface area contributed by atoms with E-state index in [1.807, 2.05) is 66.6 Å². The van der Waals surface area contributed by atoms with Crippen LogP contribution in [0.4, 0.5) is 0 Å².